The average Bonchev–Trinajstić information content (AvgIpc) is 3.02. The summed E-state index contributed by atoms with van der Waals surface area (Å²) in [6.45, 7) is 3.87. The van der Waals surface area contributed by atoms with Crippen LogP contribution in [0, 0.1) is 13.8 Å². The highest BCUT2D eigenvalue weighted by Gasteiger charge is 2.19. The molecule has 8 heteroatoms. The van der Waals surface area contributed by atoms with Crippen molar-refractivity contribution < 1.29 is 14.4 Å². The van der Waals surface area contributed by atoms with Crippen molar-refractivity contribution in [2.75, 3.05) is 11.9 Å². The minimum Gasteiger partial charge on any atom is -0.370 e. The molecule has 0 saturated heterocycles. The number of carbonyl (C=O) groups is 3. The van der Waals surface area contributed by atoms with Crippen molar-refractivity contribution in [3.8, 4) is 5.82 Å². The molecule has 1 aromatic carbocycles. The van der Waals surface area contributed by atoms with Crippen molar-refractivity contribution in [2.45, 2.75) is 20.3 Å². The average molecular weight is 405 g/mol. The fourth-order valence-electron chi connectivity index (χ4n) is 3.21. The smallest absolute Gasteiger partial charge is 0.257 e. The van der Waals surface area contributed by atoms with Gasteiger partial charge in [-0.1, -0.05) is 18.2 Å². The molecule has 3 amide bonds. The van der Waals surface area contributed by atoms with E-state index >= 15 is 0 Å². The van der Waals surface area contributed by atoms with E-state index in [2.05, 4.69) is 15.6 Å². The molecular formula is C22H23N5O3. The number of nitrogens with two attached hydrogens (primary N) is 1. The van der Waals surface area contributed by atoms with E-state index < -0.39 is 11.8 Å². The lowest BCUT2D eigenvalue weighted by Gasteiger charge is -2.12. The van der Waals surface area contributed by atoms with Crippen LogP contribution in [-0.2, 0) is 4.79 Å². The fourth-order valence-corrected chi connectivity index (χ4v) is 3.21. The molecule has 3 aromatic rings. The molecule has 0 aliphatic rings. The van der Waals surface area contributed by atoms with Crippen molar-refractivity contribution in [3.05, 3.63) is 77.2 Å². The van der Waals surface area contributed by atoms with E-state index in [1.165, 1.54) is 0 Å². The molecule has 0 bridgehead atoms. The molecule has 30 heavy (non-hydrogen) atoms. The first kappa shape index (κ1) is 20.8. The highest BCUT2D eigenvalue weighted by molar-refractivity contribution is 6.09. The summed E-state index contributed by atoms with van der Waals surface area (Å²) in [4.78, 5) is 40.6. The Morgan fingerprint density at radius 1 is 1.00 bits per heavy atom. The number of primary amides is 1. The number of hydrogen-bond acceptors (Lipinski definition) is 4. The number of hydrogen-bond donors (Lipinski definition) is 3. The van der Waals surface area contributed by atoms with Crippen LogP contribution in [0.25, 0.3) is 5.82 Å². The van der Waals surface area contributed by atoms with Crippen LogP contribution in [0.5, 0.6) is 0 Å². The van der Waals surface area contributed by atoms with Gasteiger partial charge >= 0.3 is 0 Å². The summed E-state index contributed by atoms with van der Waals surface area (Å²) in [5.41, 5.74) is 7.87. The Morgan fingerprint density at radius 2 is 1.73 bits per heavy atom. The molecule has 3 rings (SSSR count). The van der Waals surface area contributed by atoms with Gasteiger partial charge in [0.2, 0.25) is 5.91 Å². The number of nitrogens with one attached hydrogen (secondary N) is 2. The van der Waals surface area contributed by atoms with E-state index in [-0.39, 0.29) is 18.9 Å². The maximum absolute atomic E-state index is 13.0. The molecule has 4 N–H and O–H groups in total. The summed E-state index contributed by atoms with van der Waals surface area (Å²) < 4.78 is 1.90. The van der Waals surface area contributed by atoms with Gasteiger partial charge in [0.1, 0.15) is 5.82 Å². The maximum Gasteiger partial charge on any atom is 0.257 e. The Balaban J connectivity index is 1.82. The molecule has 0 unspecified atom stereocenters. The van der Waals surface area contributed by atoms with Gasteiger partial charge in [-0.3, -0.25) is 14.4 Å². The largest absolute Gasteiger partial charge is 0.370 e. The van der Waals surface area contributed by atoms with E-state index in [0.29, 0.717) is 16.8 Å². The van der Waals surface area contributed by atoms with E-state index in [1.54, 1.807) is 36.5 Å². The number of amides is 3. The van der Waals surface area contributed by atoms with Crippen LogP contribution in [0.2, 0.25) is 0 Å². The standard InChI is InChI=1S/C22H23N5O3/c1-14-13-17(15(2)27(14)20-9-5-6-11-24-20)22(30)26-18-8-4-3-7-16(18)21(29)25-12-10-19(23)28/h3-9,11,13H,10,12H2,1-2H3,(H2,23,28)(H,25,29)(H,26,30). The second-order valence-electron chi connectivity index (χ2n) is 6.78. The minimum atomic E-state index is -0.500. The predicted octanol–water partition coefficient (Wildman–Crippen LogP) is 2.35. The van der Waals surface area contributed by atoms with E-state index in [9.17, 15) is 14.4 Å². The molecule has 0 spiro atoms. The Labute approximate surface area is 174 Å². The van der Waals surface area contributed by atoms with Crippen LogP contribution < -0.4 is 16.4 Å². The highest BCUT2D eigenvalue weighted by atomic mass is 16.2. The van der Waals surface area contributed by atoms with Gasteiger partial charge in [0.05, 0.1) is 16.8 Å². The summed E-state index contributed by atoms with van der Waals surface area (Å²) in [5, 5.41) is 5.44. The predicted molar refractivity (Wildman–Crippen MR) is 114 cm³/mol. The van der Waals surface area contributed by atoms with Crippen LogP contribution in [0.1, 0.15) is 38.5 Å². The number of nitrogens with zero attached hydrogens (tertiary/aromatic N) is 2. The molecule has 0 aliphatic carbocycles. The van der Waals surface area contributed by atoms with Crippen LogP contribution >= 0.6 is 0 Å². The zero-order valence-electron chi connectivity index (χ0n) is 16.8. The lowest BCUT2D eigenvalue weighted by molar-refractivity contribution is -0.117. The summed E-state index contributed by atoms with van der Waals surface area (Å²) in [6, 6.07) is 14.1. The topological polar surface area (TPSA) is 119 Å². The van der Waals surface area contributed by atoms with Crippen LogP contribution in [0.3, 0.4) is 0 Å². The summed E-state index contributed by atoms with van der Waals surface area (Å²) in [6.07, 6.45) is 1.74. The maximum atomic E-state index is 13.0. The van der Waals surface area contributed by atoms with Crippen molar-refractivity contribution in [3.63, 3.8) is 0 Å². The molecule has 8 nitrogen and oxygen atoms in total. The SMILES string of the molecule is Cc1cc(C(=O)Nc2ccccc2C(=O)NCCC(N)=O)c(C)n1-c1ccccn1. The molecule has 0 radical (unpaired) electrons. The summed E-state index contributed by atoms with van der Waals surface area (Å²) >= 11 is 0. The lowest BCUT2D eigenvalue weighted by Crippen LogP contribution is -2.28. The number of pyridine rings is 1. The number of carbonyl (C=O) groups excluding carboxylic acids is 3. The van der Waals surface area contributed by atoms with Gasteiger partial charge in [-0.15, -0.1) is 0 Å². The molecule has 2 aromatic heterocycles. The van der Waals surface area contributed by atoms with Crippen LogP contribution in [0.15, 0.2) is 54.7 Å². The zero-order chi connectivity index (χ0) is 21.7. The van der Waals surface area contributed by atoms with Crippen molar-refractivity contribution in [2.24, 2.45) is 5.73 Å². The summed E-state index contributed by atoms with van der Waals surface area (Å²) in [5.74, 6) is -0.505. The van der Waals surface area contributed by atoms with Gasteiger partial charge in [0, 0.05) is 30.6 Å². The summed E-state index contributed by atoms with van der Waals surface area (Å²) in [7, 11) is 0. The third-order valence-corrected chi connectivity index (χ3v) is 4.63. The third-order valence-electron chi connectivity index (χ3n) is 4.63. The monoisotopic (exact) mass is 405 g/mol. The molecule has 0 aliphatic heterocycles. The third kappa shape index (κ3) is 4.54. The Morgan fingerprint density at radius 3 is 2.43 bits per heavy atom. The second-order valence-corrected chi connectivity index (χ2v) is 6.78. The first-order chi connectivity index (χ1) is 14.4. The van der Waals surface area contributed by atoms with E-state index in [4.69, 9.17) is 5.73 Å². The number of rotatable bonds is 7. The molecule has 2 heterocycles. The van der Waals surface area contributed by atoms with Gasteiger partial charge in [-0.2, -0.15) is 0 Å². The first-order valence-corrected chi connectivity index (χ1v) is 9.45. The molecule has 0 saturated carbocycles. The van der Waals surface area contributed by atoms with E-state index in [0.717, 1.165) is 17.2 Å². The Hall–Kier alpha value is -3.94. The van der Waals surface area contributed by atoms with E-state index in [1.807, 2.05) is 36.6 Å². The van der Waals surface area contributed by atoms with Gasteiger partial charge in [-0.25, -0.2) is 4.98 Å². The van der Waals surface area contributed by atoms with Crippen LogP contribution in [-0.4, -0.2) is 33.8 Å². The number of aryl methyl sites for hydroxylation is 1. The van der Waals surface area contributed by atoms with Crippen LogP contribution in [0.4, 0.5) is 5.69 Å². The van der Waals surface area contributed by atoms with Gasteiger partial charge in [0.15, 0.2) is 0 Å². The fraction of sp³-hybridized carbons (Fsp3) is 0.182. The zero-order valence-corrected chi connectivity index (χ0v) is 16.8. The van der Waals surface area contributed by atoms with Gasteiger partial charge in [0.25, 0.3) is 11.8 Å². The second kappa shape index (κ2) is 9.04. The molecule has 0 atom stereocenters. The van der Waals surface area contributed by atoms with Crippen molar-refractivity contribution in [1.29, 1.82) is 0 Å². The van der Waals surface area contributed by atoms with Crippen molar-refractivity contribution >= 4 is 23.4 Å². The molecule has 154 valence electrons. The minimum absolute atomic E-state index is 0.0414. The molecular weight excluding hydrogens is 382 g/mol. The number of para-hydroxylation sites is 1. The normalized spacial score (nSPS) is 10.5. The van der Waals surface area contributed by atoms with Crippen molar-refractivity contribution in [1.82, 2.24) is 14.9 Å². The van der Waals surface area contributed by atoms with Gasteiger partial charge in [-0.05, 0) is 44.2 Å². The quantitative estimate of drug-likeness (QED) is 0.559. The number of benzene rings is 1. The Kier molecular flexibility index (Phi) is 6.26. The highest BCUT2D eigenvalue weighted by Crippen LogP contribution is 2.22. The van der Waals surface area contributed by atoms with Gasteiger partial charge < -0.3 is 20.9 Å². The molecule has 0 fully saturated rings. The number of aromatic nitrogens is 2. The lowest BCUT2D eigenvalue weighted by atomic mass is 10.1. The Bertz CT molecular complexity index is 1090. The first-order valence-electron chi connectivity index (χ1n) is 9.45. The number of anilines is 1.